The van der Waals surface area contributed by atoms with Crippen molar-refractivity contribution in [1.82, 2.24) is 0 Å². The topological polar surface area (TPSA) is 46.2 Å². The van der Waals surface area contributed by atoms with Crippen molar-refractivity contribution >= 4 is 15.5 Å². The number of rotatable bonds is 9. The molecule has 0 aromatic heterocycles. The first-order valence-corrected chi connectivity index (χ1v) is 9.15. The van der Waals surface area contributed by atoms with Gasteiger partial charge in [0.1, 0.15) is 9.84 Å². The van der Waals surface area contributed by atoms with Crippen LogP contribution >= 0.6 is 0 Å². The summed E-state index contributed by atoms with van der Waals surface area (Å²) in [6.45, 7) is 2.42. The molecule has 1 aromatic carbocycles. The van der Waals surface area contributed by atoms with Crippen LogP contribution in [0.3, 0.4) is 0 Å². The summed E-state index contributed by atoms with van der Waals surface area (Å²) in [4.78, 5) is 0. The van der Waals surface area contributed by atoms with E-state index >= 15 is 0 Å². The van der Waals surface area contributed by atoms with Gasteiger partial charge in [0.25, 0.3) is 0 Å². The first kappa shape index (κ1) is 17.9. The molecule has 0 aliphatic heterocycles. The van der Waals surface area contributed by atoms with E-state index in [1.54, 1.807) is 0 Å². The average molecular weight is 319 g/mol. The third-order valence-corrected chi connectivity index (χ3v) is 4.34. The largest absolute Gasteiger partial charge is 0.385 e. The van der Waals surface area contributed by atoms with Crippen molar-refractivity contribution in [2.45, 2.75) is 32.6 Å². The lowest BCUT2D eigenvalue weighted by Gasteiger charge is -2.16. The molecule has 1 unspecified atom stereocenters. The molecule has 0 radical (unpaired) electrons. The number of sulfone groups is 1. The fourth-order valence-corrected chi connectivity index (χ4v) is 2.61. The summed E-state index contributed by atoms with van der Waals surface area (Å²) < 4.78 is 46.9. The monoisotopic (exact) mass is 319 g/mol. The van der Waals surface area contributed by atoms with E-state index in [4.69, 9.17) is 0 Å². The number of halogens is 2. The third-order valence-electron chi connectivity index (χ3n) is 3.40. The summed E-state index contributed by atoms with van der Waals surface area (Å²) in [7, 11) is -2.96. The van der Waals surface area contributed by atoms with Gasteiger partial charge in [0.05, 0.1) is 5.75 Å². The average Bonchev–Trinajstić information content (AvgIpc) is 2.41. The molecule has 0 aliphatic carbocycles. The van der Waals surface area contributed by atoms with E-state index in [2.05, 4.69) is 5.32 Å². The van der Waals surface area contributed by atoms with Crippen molar-refractivity contribution in [2.24, 2.45) is 5.92 Å². The summed E-state index contributed by atoms with van der Waals surface area (Å²) >= 11 is 0. The highest BCUT2D eigenvalue weighted by molar-refractivity contribution is 7.90. The maximum atomic E-state index is 12.4. The predicted octanol–water partition coefficient (Wildman–Crippen LogP) is 3.37. The van der Waals surface area contributed by atoms with Crippen LogP contribution in [0.2, 0.25) is 0 Å². The molecule has 1 N–H and O–H groups in total. The Labute approximate surface area is 125 Å². The van der Waals surface area contributed by atoms with E-state index in [0.29, 0.717) is 19.4 Å². The van der Waals surface area contributed by atoms with Gasteiger partial charge in [-0.1, -0.05) is 25.5 Å². The predicted molar refractivity (Wildman–Crippen MR) is 82.7 cm³/mol. The zero-order chi connectivity index (χ0) is 15.9. The molecular weight excluding hydrogens is 296 g/mol. The van der Waals surface area contributed by atoms with Crippen LogP contribution < -0.4 is 5.32 Å². The maximum Gasteiger partial charge on any atom is 0.239 e. The van der Waals surface area contributed by atoms with E-state index < -0.39 is 16.3 Å². The number of anilines is 1. The maximum absolute atomic E-state index is 12.4. The number of nitrogens with one attached hydrogen (secondary N) is 1. The van der Waals surface area contributed by atoms with Crippen LogP contribution in [0.15, 0.2) is 24.3 Å². The molecule has 6 heteroatoms. The molecule has 3 nitrogen and oxygen atoms in total. The van der Waals surface area contributed by atoms with E-state index in [9.17, 15) is 17.2 Å². The third kappa shape index (κ3) is 7.99. The van der Waals surface area contributed by atoms with E-state index in [0.717, 1.165) is 11.3 Å². The highest BCUT2D eigenvalue weighted by atomic mass is 32.2. The van der Waals surface area contributed by atoms with Gasteiger partial charge in [0.2, 0.25) is 6.43 Å². The second kappa shape index (κ2) is 8.32. The van der Waals surface area contributed by atoms with E-state index in [1.165, 1.54) is 6.26 Å². The Hall–Kier alpha value is -1.17. The summed E-state index contributed by atoms with van der Waals surface area (Å²) in [5.74, 6) is 0.0846. The molecule has 0 fully saturated rings. The van der Waals surface area contributed by atoms with Crippen molar-refractivity contribution in [1.29, 1.82) is 0 Å². The standard InChI is InChI=1S/C15H23F2NO2S/c1-3-12(10-15(16)17)11-18-14-6-4-13(5-7-14)8-9-21(2,19)20/h4-7,12,15,18H,3,8-11H2,1-2H3. The summed E-state index contributed by atoms with van der Waals surface area (Å²) in [5.41, 5.74) is 1.82. The smallest absolute Gasteiger partial charge is 0.239 e. The second-order valence-electron chi connectivity index (χ2n) is 5.36. The van der Waals surface area contributed by atoms with Crippen LogP contribution in [0.4, 0.5) is 14.5 Å². The van der Waals surface area contributed by atoms with Crippen LogP contribution in [-0.4, -0.2) is 33.4 Å². The Kier molecular flexibility index (Phi) is 7.08. The van der Waals surface area contributed by atoms with E-state index in [-0.39, 0.29) is 18.1 Å². The normalized spacial score (nSPS) is 13.4. The van der Waals surface area contributed by atoms with Gasteiger partial charge in [0.15, 0.2) is 0 Å². The number of benzene rings is 1. The van der Waals surface area contributed by atoms with Gasteiger partial charge < -0.3 is 5.32 Å². The fraction of sp³-hybridized carbons (Fsp3) is 0.600. The Bertz CT molecular complexity index is 515. The second-order valence-corrected chi connectivity index (χ2v) is 7.62. The van der Waals surface area contributed by atoms with E-state index in [1.807, 2.05) is 31.2 Å². The first-order valence-electron chi connectivity index (χ1n) is 7.09. The minimum Gasteiger partial charge on any atom is -0.385 e. The summed E-state index contributed by atoms with van der Waals surface area (Å²) in [5, 5.41) is 3.15. The quantitative estimate of drug-likeness (QED) is 0.759. The number of aryl methyl sites for hydroxylation is 1. The molecule has 0 heterocycles. The molecule has 0 aliphatic rings. The highest BCUT2D eigenvalue weighted by Crippen LogP contribution is 2.17. The molecule has 21 heavy (non-hydrogen) atoms. The Morgan fingerprint density at radius 1 is 1.19 bits per heavy atom. The number of hydrogen-bond donors (Lipinski definition) is 1. The Morgan fingerprint density at radius 2 is 1.81 bits per heavy atom. The molecular formula is C15H23F2NO2S. The van der Waals surface area contributed by atoms with Gasteiger partial charge in [-0.25, -0.2) is 17.2 Å². The Morgan fingerprint density at radius 3 is 2.29 bits per heavy atom. The minimum absolute atomic E-state index is 0.0464. The zero-order valence-corrected chi connectivity index (χ0v) is 13.3. The van der Waals surface area contributed by atoms with Crippen LogP contribution in [0, 0.1) is 5.92 Å². The minimum atomic E-state index is -2.96. The van der Waals surface area contributed by atoms with Gasteiger partial charge in [-0.2, -0.15) is 0 Å². The number of hydrogen-bond acceptors (Lipinski definition) is 3. The van der Waals surface area contributed by atoms with Crippen molar-refractivity contribution < 1.29 is 17.2 Å². The molecule has 0 saturated heterocycles. The molecule has 1 rings (SSSR count). The van der Waals surface area contributed by atoms with Crippen molar-refractivity contribution in [3.8, 4) is 0 Å². The van der Waals surface area contributed by atoms with Gasteiger partial charge in [0, 0.05) is 24.9 Å². The molecule has 0 amide bonds. The number of alkyl halides is 2. The zero-order valence-electron chi connectivity index (χ0n) is 12.5. The fourth-order valence-electron chi connectivity index (χ4n) is 2.00. The lowest BCUT2D eigenvalue weighted by atomic mass is 10.0. The molecule has 0 spiro atoms. The van der Waals surface area contributed by atoms with Crippen molar-refractivity contribution in [3.63, 3.8) is 0 Å². The van der Waals surface area contributed by atoms with Crippen LogP contribution in [0.1, 0.15) is 25.3 Å². The summed E-state index contributed by atoms with van der Waals surface area (Å²) in [6.07, 6.45) is 0.0636. The SMILES string of the molecule is CCC(CNc1ccc(CCS(C)(=O)=O)cc1)CC(F)F. The first-order chi connectivity index (χ1) is 9.80. The van der Waals surface area contributed by atoms with Gasteiger partial charge in [-0.3, -0.25) is 0 Å². The molecule has 1 aromatic rings. The molecule has 1 atom stereocenters. The molecule has 0 bridgehead atoms. The van der Waals surface area contributed by atoms with Crippen LogP contribution in [0.25, 0.3) is 0 Å². The lowest BCUT2D eigenvalue weighted by molar-refractivity contribution is 0.116. The molecule has 120 valence electrons. The van der Waals surface area contributed by atoms with Gasteiger partial charge >= 0.3 is 0 Å². The van der Waals surface area contributed by atoms with Crippen LogP contribution in [-0.2, 0) is 16.3 Å². The Balaban J connectivity index is 2.47. The van der Waals surface area contributed by atoms with Crippen molar-refractivity contribution in [2.75, 3.05) is 23.9 Å². The highest BCUT2D eigenvalue weighted by Gasteiger charge is 2.13. The van der Waals surface area contributed by atoms with Crippen molar-refractivity contribution in [3.05, 3.63) is 29.8 Å². The lowest BCUT2D eigenvalue weighted by Crippen LogP contribution is -2.16. The van der Waals surface area contributed by atoms with Gasteiger partial charge in [-0.05, 0) is 30.0 Å². The van der Waals surface area contributed by atoms with Gasteiger partial charge in [-0.15, -0.1) is 0 Å². The summed E-state index contributed by atoms with van der Waals surface area (Å²) in [6, 6.07) is 7.43. The van der Waals surface area contributed by atoms with Crippen LogP contribution in [0.5, 0.6) is 0 Å². The molecule has 0 saturated carbocycles.